The maximum absolute atomic E-state index is 5.60. The number of furan rings is 1. The monoisotopic (exact) mass is 244 g/mol. The van der Waals surface area contributed by atoms with E-state index in [9.17, 15) is 0 Å². The third-order valence-electron chi connectivity index (χ3n) is 3.16. The molecule has 1 aromatic carbocycles. The lowest BCUT2D eigenvalue weighted by atomic mass is 10.00. The van der Waals surface area contributed by atoms with E-state index in [1.807, 2.05) is 6.07 Å². The van der Waals surface area contributed by atoms with Gasteiger partial charge in [-0.15, -0.1) is 0 Å². The van der Waals surface area contributed by atoms with Crippen LogP contribution in [0.25, 0.3) is 0 Å². The molecule has 1 heterocycles. The van der Waals surface area contributed by atoms with Gasteiger partial charge < -0.3 is 4.42 Å². The molecule has 0 aliphatic rings. The second kappa shape index (κ2) is 6.38. The lowest BCUT2D eigenvalue weighted by Gasteiger charge is -2.14. The fourth-order valence-electron chi connectivity index (χ4n) is 2.15. The molecule has 2 rings (SSSR count). The summed E-state index contributed by atoms with van der Waals surface area (Å²) in [6, 6.07) is 10.9. The van der Waals surface area contributed by atoms with Crippen LogP contribution in [0.5, 0.6) is 0 Å². The van der Waals surface area contributed by atoms with Crippen LogP contribution in [-0.4, -0.2) is 6.04 Å². The van der Waals surface area contributed by atoms with Crippen LogP contribution in [0.2, 0.25) is 0 Å². The van der Waals surface area contributed by atoms with E-state index in [4.69, 9.17) is 10.3 Å². The summed E-state index contributed by atoms with van der Waals surface area (Å²) in [4.78, 5) is 0. The molecule has 1 aromatic heterocycles. The van der Waals surface area contributed by atoms with Gasteiger partial charge in [0.1, 0.15) is 0 Å². The summed E-state index contributed by atoms with van der Waals surface area (Å²) in [6.45, 7) is 2.12. The molecule has 3 nitrogen and oxygen atoms in total. The van der Waals surface area contributed by atoms with Crippen LogP contribution in [0.4, 0.5) is 0 Å². The molecule has 0 spiro atoms. The number of nitrogens with one attached hydrogen (secondary N) is 1. The largest absolute Gasteiger partial charge is 0.472 e. The van der Waals surface area contributed by atoms with Gasteiger partial charge in [0.2, 0.25) is 0 Å². The van der Waals surface area contributed by atoms with Gasteiger partial charge in [-0.25, -0.2) is 0 Å². The van der Waals surface area contributed by atoms with Crippen molar-refractivity contribution in [1.82, 2.24) is 5.43 Å². The molecule has 2 aromatic rings. The topological polar surface area (TPSA) is 51.2 Å². The van der Waals surface area contributed by atoms with Crippen molar-refractivity contribution < 1.29 is 4.42 Å². The van der Waals surface area contributed by atoms with Gasteiger partial charge in [-0.2, -0.15) is 0 Å². The number of hydrogen-bond acceptors (Lipinski definition) is 3. The van der Waals surface area contributed by atoms with Crippen LogP contribution in [-0.2, 0) is 12.8 Å². The molecule has 1 unspecified atom stereocenters. The first-order chi connectivity index (χ1) is 8.78. The summed E-state index contributed by atoms with van der Waals surface area (Å²) in [7, 11) is 0. The summed E-state index contributed by atoms with van der Waals surface area (Å²) in [6.07, 6.45) is 6.43. The molecular weight excluding hydrogens is 224 g/mol. The van der Waals surface area contributed by atoms with E-state index in [-0.39, 0.29) is 6.04 Å². The number of hydrazine groups is 1. The third kappa shape index (κ3) is 3.72. The van der Waals surface area contributed by atoms with Crippen LogP contribution in [0.3, 0.4) is 0 Å². The van der Waals surface area contributed by atoms with Crippen LogP contribution < -0.4 is 11.3 Å². The van der Waals surface area contributed by atoms with Crippen molar-refractivity contribution in [3.8, 4) is 0 Å². The zero-order valence-electron chi connectivity index (χ0n) is 10.7. The Balaban J connectivity index is 1.87. The molecule has 0 radical (unpaired) electrons. The van der Waals surface area contributed by atoms with Gasteiger partial charge in [0, 0.05) is 6.04 Å². The fraction of sp³-hybridized carbons (Fsp3) is 0.333. The Morgan fingerprint density at radius 3 is 2.83 bits per heavy atom. The Kier molecular flexibility index (Phi) is 4.56. The van der Waals surface area contributed by atoms with Crippen molar-refractivity contribution in [3.63, 3.8) is 0 Å². The van der Waals surface area contributed by atoms with Gasteiger partial charge in [0.25, 0.3) is 0 Å². The standard InChI is InChI=1S/C15H20N2O/c1-12-3-2-4-13(9-12)5-6-15(17-16)10-14-7-8-18-11-14/h2-4,7-9,11,15,17H,5-6,10,16H2,1H3. The van der Waals surface area contributed by atoms with Crippen LogP contribution in [0.1, 0.15) is 23.1 Å². The number of nitrogens with two attached hydrogens (primary N) is 1. The summed E-state index contributed by atoms with van der Waals surface area (Å²) in [5, 5.41) is 0. The van der Waals surface area contributed by atoms with Gasteiger partial charge >= 0.3 is 0 Å². The Labute approximate surface area is 108 Å². The number of rotatable bonds is 6. The van der Waals surface area contributed by atoms with E-state index in [1.54, 1.807) is 12.5 Å². The first-order valence-corrected chi connectivity index (χ1v) is 6.30. The highest BCUT2D eigenvalue weighted by atomic mass is 16.3. The zero-order valence-corrected chi connectivity index (χ0v) is 10.7. The second-order valence-corrected chi connectivity index (χ2v) is 4.73. The molecule has 3 heteroatoms. The van der Waals surface area contributed by atoms with Gasteiger partial charge in [0.15, 0.2) is 0 Å². The summed E-state index contributed by atoms with van der Waals surface area (Å²) >= 11 is 0. The van der Waals surface area contributed by atoms with Gasteiger partial charge in [0.05, 0.1) is 12.5 Å². The van der Waals surface area contributed by atoms with Crippen LogP contribution >= 0.6 is 0 Å². The van der Waals surface area contributed by atoms with Crippen LogP contribution in [0.15, 0.2) is 47.3 Å². The summed E-state index contributed by atoms with van der Waals surface area (Å²) < 4.78 is 5.07. The number of benzene rings is 1. The van der Waals surface area contributed by atoms with E-state index in [1.165, 1.54) is 16.7 Å². The maximum atomic E-state index is 5.60. The van der Waals surface area contributed by atoms with Crippen LogP contribution in [0, 0.1) is 6.92 Å². The van der Waals surface area contributed by atoms with Crippen molar-refractivity contribution in [1.29, 1.82) is 0 Å². The molecule has 18 heavy (non-hydrogen) atoms. The summed E-state index contributed by atoms with van der Waals surface area (Å²) in [5.41, 5.74) is 6.73. The molecule has 0 amide bonds. The lowest BCUT2D eigenvalue weighted by Crippen LogP contribution is -2.37. The number of aryl methyl sites for hydroxylation is 2. The molecule has 1 atom stereocenters. The maximum Gasteiger partial charge on any atom is 0.0935 e. The minimum absolute atomic E-state index is 0.281. The Bertz CT molecular complexity index is 465. The molecule has 96 valence electrons. The highest BCUT2D eigenvalue weighted by Crippen LogP contribution is 2.11. The molecule has 0 fully saturated rings. The fourth-order valence-corrected chi connectivity index (χ4v) is 2.15. The smallest absolute Gasteiger partial charge is 0.0935 e. The van der Waals surface area contributed by atoms with E-state index >= 15 is 0 Å². The third-order valence-corrected chi connectivity index (χ3v) is 3.16. The van der Waals surface area contributed by atoms with Gasteiger partial charge in [-0.05, 0) is 43.4 Å². The molecule has 0 bridgehead atoms. The minimum Gasteiger partial charge on any atom is -0.472 e. The first kappa shape index (κ1) is 12.9. The van der Waals surface area contributed by atoms with E-state index < -0.39 is 0 Å². The van der Waals surface area contributed by atoms with Gasteiger partial charge in [-0.3, -0.25) is 11.3 Å². The first-order valence-electron chi connectivity index (χ1n) is 6.30. The minimum atomic E-state index is 0.281. The SMILES string of the molecule is Cc1cccc(CCC(Cc2ccoc2)NN)c1. The lowest BCUT2D eigenvalue weighted by molar-refractivity contribution is 0.487. The summed E-state index contributed by atoms with van der Waals surface area (Å²) in [5.74, 6) is 5.60. The predicted octanol–water partition coefficient (Wildman–Crippen LogP) is 2.60. The zero-order chi connectivity index (χ0) is 12.8. The Morgan fingerprint density at radius 2 is 2.17 bits per heavy atom. The molecular formula is C15H20N2O. The normalized spacial score (nSPS) is 12.6. The van der Waals surface area contributed by atoms with E-state index in [0.717, 1.165) is 19.3 Å². The molecule has 0 aliphatic carbocycles. The molecule has 3 N–H and O–H groups in total. The predicted molar refractivity (Wildman–Crippen MR) is 73.0 cm³/mol. The Morgan fingerprint density at radius 1 is 1.28 bits per heavy atom. The van der Waals surface area contributed by atoms with Crippen molar-refractivity contribution in [2.45, 2.75) is 32.2 Å². The van der Waals surface area contributed by atoms with Crippen molar-refractivity contribution in [2.24, 2.45) is 5.84 Å². The van der Waals surface area contributed by atoms with Gasteiger partial charge in [-0.1, -0.05) is 29.8 Å². The average Bonchev–Trinajstić information content (AvgIpc) is 2.87. The van der Waals surface area contributed by atoms with Crippen molar-refractivity contribution >= 4 is 0 Å². The molecule has 0 saturated heterocycles. The highest BCUT2D eigenvalue weighted by Gasteiger charge is 2.08. The molecule has 0 aliphatic heterocycles. The van der Waals surface area contributed by atoms with E-state index in [2.05, 4.69) is 36.6 Å². The van der Waals surface area contributed by atoms with E-state index in [0.29, 0.717) is 0 Å². The highest BCUT2D eigenvalue weighted by molar-refractivity contribution is 5.22. The van der Waals surface area contributed by atoms with Crippen molar-refractivity contribution in [3.05, 3.63) is 59.5 Å². The quantitative estimate of drug-likeness (QED) is 0.606. The second-order valence-electron chi connectivity index (χ2n) is 4.73. The number of hydrogen-bond donors (Lipinski definition) is 2. The average molecular weight is 244 g/mol. The van der Waals surface area contributed by atoms with Crippen molar-refractivity contribution in [2.75, 3.05) is 0 Å². The molecule has 0 saturated carbocycles. The Hall–Kier alpha value is -1.58.